The van der Waals surface area contributed by atoms with E-state index in [0.29, 0.717) is 3.91 Å². The summed E-state index contributed by atoms with van der Waals surface area (Å²) in [4.78, 5) is 0. The van der Waals surface area contributed by atoms with Crippen molar-refractivity contribution in [1.29, 1.82) is 0 Å². The molecule has 0 radical (unpaired) electrons. The Kier molecular flexibility index (Phi) is 13.1. The van der Waals surface area contributed by atoms with Gasteiger partial charge in [0.05, 0.1) is 3.91 Å². The van der Waals surface area contributed by atoms with Gasteiger partial charge in [0.1, 0.15) is 0 Å². The summed E-state index contributed by atoms with van der Waals surface area (Å²) < 4.78 is 0.392. The second-order valence-electron chi connectivity index (χ2n) is 1.86. The third kappa shape index (κ3) is 10.2. The van der Waals surface area contributed by atoms with Crippen LogP contribution < -0.4 is 0 Å². The van der Waals surface area contributed by atoms with Crippen molar-refractivity contribution in [2.45, 2.75) is 10.3 Å². The first-order chi connectivity index (χ1) is 5.81. The first-order valence-corrected chi connectivity index (χ1v) is 8.55. The molecule has 0 fully saturated rings. The molecular formula is C6H14S6. The van der Waals surface area contributed by atoms with Crippen molar-refractivity contribution < 1.29 is 0 Å². The molecule has 0 bridgehead atoms. The van der Waals surface area contributed by atoms with E-state index < -0.39 is 0 Å². The number of hydrogen-bond acceptors (Lipinski definition) is 6. The fourth-order valence-electron chi connectivity index (χ4n) is 0.522. The third-order valence-electron chi connectivity index (χ3n) is 1.00. The van der Waals surface area contributed by atoms with Crippen molar-refractivity contribution in [2.24, 2.45) is 0 Å². The summed E-state index contributed by atoms with van der Waals surface area (Å²) in [7, 11) is 0. The number of hydrogen-bond donors (Lipinski definition) is 3. The predicted molar refractivity (Wildman–Crippen MR) is 77.6 cm³/mol. The average molecular weight is 279 g/mol. The molecule has 0 nitrogen and oxygen atoms in total. The molecular weight excluding hydrogens is 264 g/mol. The van der Waals surface area contributed by atoms with Crippen LogP contribution in [0.4, 0.5) is 0 Å². The number of thiol groups is 3. The van der Waals surface area contributed by atoms with Gasteiger partial charge >= 0.3 is 0 Å². The summed E-state index contributed by atoms with van der Waals surface area (Å²) in [5.74, 6) is 2.40. The molecule has 0 aromatic rings. The second-order valence-corrected chi connectivity index (χ2v) is 8.28. The molecule has 0 heterocycles. The van der Waals surface area contributed by atoms with E-state index in [2.05, 4.69) is 37.9 Å². The SMILES string of the molecule is SCSCCCSC(S)SCS. The van der Waals surface area contributed by atoms with Gasteiger partial charge in [0.2, 0.25) is 0 Å². The Bertz CT molecular complexity index is 88.1. The molecule has 0 aromatic carbocycles. The smallest absolute Gasteiger partial charge is 0.0935 e. The molecule has 0 N–H and O–H groups in total. The molecule has 1 unspecified atom stereocenters. The maximum Gasteiger partial charge on any atom is 0.0935 e. The standard InChI is InChI=1S/C6H14S6/c7-4-10-2-1-3-11-6(9)12-5-8/h6-9H,1-5H2. The molecule has 0 aromatic heterocycles. The van der Waals surface area contributed by atoms with Crippen LogP contribution in [-0.4, -0.2) is 25.6 Å². The maximum absolute atomic E-state index is 4.39. The van der Waals surface area contributed by atoms with Gasteiger partial charge in [-0.25, -0.2) is 0 Å². The molecule has 74 valence electrons. The predicted octanol–water partition coefficient (Wildman–Crippen LogP) is 3.56. The summed E-state index contributed by atoms with van der Waals surface area (Å²) in [5, 5.41) is 1.78. The lowest BCUT2D eigenvalue weighted by atomic mass is 10.6. The summed E-state index contributed by atoms with van der Waals surface area (Å²) in [6.45, 7) is 0. The van der Waals surface area contributed by atoms with Crippen LogP contribution in [0.5, 0.6) is 0 Å². The van der Waals surface area contributed by atoms with Crippen molar-refractivity contribution in [3.63, 3.8) is 0 Å². The fraction of sp³-hybridized carbons (Fsp3) is 1.00. The molecule has 6 heteroatoms. The quantitative estimate of drug-likeness (QED) is 0.353. The summed E-state index contributed by atoms with van der Waals surface area (Å²) >= 11 is 18.2. The number of thioether (sulfide) groups is 3. The van der Waals surface area contributed by atoms with E-state index in [1.54, 1.807) is 11.8 Å². The Morgan fingerprint density at radius 1 is 1.00 bits per heavy atom. The van der Waals surface area contributed by atoms with Gasteiger partial charge in [-0.05, 0) is 17.9 Å². The normalized spacial score (nSPS) is 13.2. The van der Waals surface area contributed by atoms with Crippen LogP contribution in [0.3, 0.4) is 0 Å². The third-order valence-corrected chi connectivity index (χ3v) is 5.71. The molecule has 0 rings (SSSR count). The van der Waals surface area contributed by atoms with E-state index in [0.717, 1.165) is 10.2 Å². The Morgan fingerprint density at radius 2 is 1.75 bits per heavy atom. The largest absolute Gasteiger partial charge is 0.168 e. The van der Waals surface area contributed by atoms with Crippen LogP contribution in [0.25, 0.3) is 0 Å². The zero-order chi connectivity index (χ0) is 9.23. The van der Waals surface area contributed by atoms with Crippen LogP contribution in [-0.2, 0) is 0 Å². The molecule has 0 aliphatic rings. The lowest BCUT2D eigenvalue weighted by molar-refractivity contribution is 1.13. The lowest BCUT2D eigenvalue weighted by Gasteiger charge is -2.07. The minimum absolute atomic E-state index is 0.392. The van der Waals surface area contributed by atoms with Crippen LogP contribution >= 0.6 is 73.2 Å². The van der Waals surface area contributed by atoms with E-state index in [9.17, 15) is 0 Å². The van der Waals surface area contributed by atoms with Gasteiger partial charge in [-0.3, -0.25) is 0 Å². The van der Waals surface area contributed by atoms with Gasteiger partial charge in [0.25, 0.3) is 0 Å². The Labute approximate surface area is 104 Å². The van der Waals surface area contributed by atoms with Gasteiger partial charge in [-0.15, -0.1) is 23.5 Å². The summed E-state index contributed by atoms with van der Waals surface area (Å²) in [6, 6.07) is 0. The van der Waals surface area contributed by atoms with Gasteiger partial charge in [-0.2, -0.15) is 49.6 Å². The van der Waals surface area contributed by atoms with Crippen molar-refractivity contribution in [3.05, 3.63) is 0 Å². The molecule has 0 spiro atoms. The van der Waals surface area contributed by atoms with Crippen molar-refractivity contribution in [1.82, 2.24) is 0 Å². The van der Waals surface area contributed by atoms with Crippen molar-refractivity contribution in [3.8, 4) is 0 Å². The van der Waals surface area contributed by atoms with Crippen LogP contribution in [0.1, 0.15) is 6.42 Å². The van der Waals surface area contributed by atoms with Crippen molar-refractivity contribution >= 4 is 73.2 Å². The molecule has 0 aliphatic heterocycles. The maximum atomic E-state index is 4.39. The first kappa shape index (κ1) is 14.1. The minimum Gasteiger partial charge on any atom is -0.168 e. The van der Waals surface area contributed by atoms with E-state index in [1.807, 2.05) is 23.5 Å². The highest BCUT2D eigenvalue weighted by molar-refractivity contribution is 8.29. The van der Waals surface area contributed by atoms with Crippen LogP contribution in [0.2, 0.25) is 0 Å². The highest BCUT2D eigenvalue weighted by atomic mass is 32.3. The second kappa shape index (κ2) is 11.2. The topological polar surface area (TPSA) is 0 Å². The first-order valence-electron chi connectivity index (χ1n) is 3.52. The fourth-order valence-corrected chi connectivity index (χ4v) is 4.73. The Hall–Kier alpha value is 2.10. The summed E-state index contributed by atoms with van der Waals surface area (Å²) in [5.41, 5.74) is 0. The zero-order valence-corrected chi connectivity index (χ0v) is 11.8. The van der Waals surface area contributed by atoms with Crippen LogP contribution in [0, 0.1) is 0 Å². The highest BCUT2D eigenvalue weighted by Crippen LogP contribution is 2.28. The van der Waals surface area contributed by atoms with Gasteiger partial charge in [-0.1, -0.05) is 0 Å². The minimum atomic E-state index is 0.392. The molecule has 0 amide bonds. The summed E-state index contributed by atoms with van der Waals surface area (Å²) in [6.07, 6.45) is 1.25. The molecule has 12 heavy (non-hydrogen) atoms. The van der Waals surface area contributed by atoms with E-state index >= 15 is 0 Å². The van der Waals surface area contributed by atoms with Crippen molar-refractivity contribution in [2.75, 3.05) is 21.7 Å². The zero-order valence-electron chi connectivity index (χ0n) is 6.68. The molecule has 0 saturated heterocycles. The lowest BCUT2D eigenvalue weighted by Crippen LogP contribution is -1.90. The van der Waals surface area contributed by atoms with Gasteiger partial charge < -0.3 is 0 Å². The monoisotopic (exact) mass is 278 g/mol. The van der Waals surface area contributed by atoms with E-state index in [1.165, 1.54) is 17.9 Å². The highest BCUT2D eigenvalue weighted by Gasteiger charge is 2.01. The molecule has 1 atom stereocenters. The Morgan fingerprint density at radius 3 is 2.33 bits per heavy atom. The van der Waals surface area contributed by atoms with E-state index in [-0.39, 0.29) is 0 Å². The number of rotatable bonds is 8. The van der Waals surface area contributed by atoms with Gasteiger partial charge in [0, 0.05) is 10.2 Å². The van der Waals surface area contributed by atoms with Crippen LogP contribution in [0.15, 0.2) is 0 Å². The van der Waals surface area contributed by atoms with Gasteiger partial charge in [0.15, 0.2) is 0 Å². The Balaban J connectivity index is 2.97. The van der Waals surface area contributed by atoms with E-state index in [4.69, 9.17) is 0 Å². The molecule has 0 saturated carbocycles. The average Bonchev–Trinajstić information content (AvgIpc) is 2.05. The molecule has 0 aliphatic carbocycles.